The number of halogens is 1. The number of hydrogen-bond acceptors (Lipinski definition) is 2. The van der Waals surface area contributed by atoms with E-state index in [9.17, 15) is 9.59 Å². The first kappa shape index (κ1) is 17.5. The molecule has 4 nitrogen and oxygen atoms in total. The number of benzene rings is 2. The molecule has 3 rings (SSSR count). The van der Waals surface area contributed by atoms with Gasteiger partial charge in [0.2, 0.25) is 11.8 Å². The quantitative estimate of drug-likeness (QED) is 0.785. The smallest absolute Gasteiger partial charge is 0.240 e. The number of carbonyl (C=O) groups excluding carboxylic acids is 2. The Kier molecular flexibility index (Phi) is 4.56. The summed E-state index contributed by atoms with van der Waals surface area (Å²) in [5, 5.41) is 6.33. The highest BCUT2D eigenvalue weighted by molar-refractivity contribution is 6.31. The lowest BCUT2D eigenvalue weighted by Crippen LogP contribution is -2.36. The molecule has 130 valence electrons. The lowest BCUT2D eigenvalue weighted by atomic mass is 10.0. The lowest BCUT2D eigenvalue weighted by molar-refractivity contribution is -0.131. The average molecular weight is 357 g/mol. The van der Waals surface area contributed by atoms with Gasteiger partial charge in [0.15, 0.2) is 0 Å². The Morgan fingerprint density at radius 1 is 0.880 bits per heavy atom. The molecule has 0 heterocycles. The highest BCUT2D eigenvalue weighted by Gasteiger charge is 2.56. The molecular weight excluding hydrogens is 336 g/mol. The fourth-order valence-electron chi connectivity index (χ4n) is 2.77. The molecule has 0 atom stereocenters. The molecule has 25 heavy (non-hydrogen) atoms. The minimum Gasteiger partial charge on any atom is -0.325 e. The predicted molar refractivity (Wildman–Crippen MR) is 101 cm³/mol. The van der Waals surface area contributed by atoms with Crippen molar-refractivity contribution in [2.75, 3.05) is 10.6 Å². The van der Waals surface area contributed by atoms with Gasteiger partial charge in [-0.05, 0) is 68.5 Å². The Hall–Kier alpha value is -2.33. The van der Waals surface area contributed by atoms with E-state index in [1.54, 1.807) is 12.1 Å². The van der Waals surface area contributed by atoms with Crippen molar-refractivity contribution in [1.82, 2.24) is 0 Å². The summed E-state index contributed by atoms with van der Waals surface area (Å²) in [6, 6.07) is 11.2. The number of amides is 2. The van der Waals surface area contributed by atoms with Crippen molar-refractivity contribution in [2.45, 2.75) is 33.6 Å². The summed E-state index contributed by atoms with van der Waals surface area (Å²) in [5.41, 5.74) is 3.34. The van der Waals surface area contributed by atoms with Gasteiger partial charge in [-0.3, -0.25) is 9.59 Å². The van der Waals surface area contributed by atoms with Crippen molar-refractivity contribution >= 4 is 34.8 Å². The number of carbonyl (C=O) groups is 2. The molecule has 0 aromatic heterocycles. The van der Waals surface area contributed by atoms with Gasteiger partial charge in [-0.2, -0.15) is 0 Å². The highest BCUT2D eigenvalue weighted by atomic mass is 35.5. The zero-order valence-corrected chi connectivity index (χ0v) is 15.3. The lowest BCUT2D eigenvalue weighted by Gasteiger charge is -2.17. The van der Waals surface area contributed by atoms with Crippen LogP contribution in [0.3, 0.4) is 0 Å². The summed E-state index contributed by atoms with van der Waals surface area (Å²) >= 11 is 6.00. The van der Waals surface area contributed by atoms with Crippen molar-refractivity contribution in [3.63, 3.8) is 0 Å². The van der Waals surface area contributed by atoms with E-state index in [4.69, 9.17) is 11.6 Å². The van der Waals surface area contributed by atoms with Crippen LogP contribution in [0.5, 0.6) is 0 Å². The fraction of sp³-hybridized carbons (Fsp3) is 0.300. The van der Waals surface area contributed by atoms with Crippen LogP contribution in [0.25, 0.3) is 0 Å². The van der Waals surface area contributed by atoms with Gasteiger partial charge in [0, 0.05) is 16.4 Å². The second-order valence-electron chi connectivity index (χ2n) is 6.77. The molecule has 5 heteroatoms. The van der Waals surface area contributed by atoms with Crippen molar-refractivity contribution in [3.05, 3.63) is 58.1 Å². The first-order valence-corrected chi connectivity index (χ1v) is 8.66. The van der Waals surface area contributed by atoms with E-state index in [0.717, 1.165) is 22.4 Å². The van der Waals surface area contributed by atoms with Crippen LogP contribution in [-0.4, -0.2) is 11.8 Å². The molecule has 0 bridgehead atoms. The van der Waals surface area contributed by atoms with Crippen molar-refractivity contribution in [2.24, 2.45) is 5.41 Å². The third-order valence-corrected chi connectivity index (χ3v) is 4.94. The van der Waals surface area contributed by atoms with Crippen LogP contribution in [0.15, 0.2) is 36.4 Å². The molecule has 2 amide bonds. The normalized spacial score (nSPS) is 14.7. The molecule has 2 aromatic carbocycles. The van der Waals surface area contributed by atoms with E-state index >= 15 is 0 Å². The van der Waals surface area contributed by atoms with Crippen molar-refractivity contribution < 1.29 is 9.59 Å². The summed E-state index contributed by atoms with van der Waals surface area (Å²) in [5.74, 6) is -0.529. The molecule has 1 aliphatic rings. The second kappa shape index (κ2) is 6.52. The molecule has 1 fully saturated rings. The van der Waals surface area contributed by atoms with Crippen LogP contribution >= 0.6 is 11.6 Å². The summed E-state index contributed by atoms with van der Waals surface area (Å²) in [7, 11) is 0. The van der Waals surface area contributed by atoms with Crippen LogP contribution in [-0.2, 0) is 9.59 Å². The van der Waals surface area contributed by atoms with Gasteiger partial charge in [0.05, 0.1) is 0 Å². The van der Waals surface area contributed by atoms with Gasteiger partial charge in [0.1, 0.15) is 5.41 Å². The van der Waals surface area contributed by atoms with Crippen molar-refractivity contribution in [1.29, 1.82) is 0 Å². The Balaban J connectivity index is 1.77. The van der Waals surface area contributed by atoms with Crippen LogP contribution in [0.4, 0.5) is 11.4 Å². The van der Waals surface area contributed by atoms with Gasteiger partial charge in [-0.25, -0.2) is 0 Å². The minimum absolute atomic E-state index is 0.251. The third-order valence-electron chi connectivity index (χ3n) is 4.71. The Morgan fingerprint density at radius 3 is 1.96 bits per heavy atom. The van der Waals surface area contributed by atoms with Crippen molar-refractivity contribution in [3.8, 4) is 0 Å². The van der Waals surface area contributed by atoms with Gasteiger partial charge in [-0.1, -0.05) is 29.8 Å². The number of nitrogens with one attached hydrogen (secondary N) is 2. The number of aryl methyl sites for hydroxylation is 3. The van der Waals surface area contributed by atoms with E-state index in [1.807, 2.05) is 45.0 Å². The van der Waals surface area contributed by atoms with E-state index in [0.29, 0.717) is 23.6 Å². The highest BCUT2D eigenvalue weighted by Crippen LogP contribution is 2.47. The number of hydrogen-bond donors (Lipinski definition) is 2. The second-order valence-corrected chi connectivity index (χ2v) is 7.20. The SMILES string of the molecule is Cc1ccc(C)c(NC(=O)C2(C(=O)Nc3cc(Cl)ccc3C)CC2)c1. The van der Waals surface area contributed by atoms with Gasteiger partial charge < -0.3 is 10.6 Å². The molecule has 1 aliphatic carbocycles. The van der Waals surface area contributed by atoms with Gasteiger partial charge in [0.25, 0.3) is 0 Å². The molecule has 0 unspecified atom stereocenters. The maximum Gasteiger partial charge on any atom is 0.240 e. The number of rotatable bonds is 4. The maximum atomic E-state index is 12.7. The summed E-state index contributed by atoms with van der Waals surface area (Å²) < 4.78 is 0. The molecule has 0 aliphatic heterocycles. The molecule has 2 N–H and O–H groups in total. The third kappa shape index (κ3) is 3.54. The molecular formula is C20H21ClN2O2. The van der Waals surface area contributed by atoms with Crippen LogP contribution in [0.1, 0.15) is 29.5 Å². The maximum absolute atomic E-state index is 12.7. The summed E-state index contributed by atoms with van der Waals surface area (Å²) in [6.07, 6.45) is 1.10. The van der Waals surface area contributed by atoms with E-state index in [1.165, 1.54) is 0 Å². The Labute approximate surface area is 152 Å². The van der Waals surface area contributed by atoms with E-state index < -0.39 is 5.41 Å². The molecule has 1 saturated carbocycles. The Bertz CT molecular complexity index is 789. The molecule has 0 saturated heterocycles. The number of anilines is 2. The molecule has 2 aromatic rings. The standard InChI is InChI=1S/C20H21ClN2O2/c1-12-4-5-13(2)16(10-12)22-18(24)20(8-9-20)19(25)23-17-11-15(21)7-6-14(17)3/h4-7,10-11H,8-9H2,1-3H3,(H,22,24)(H,23,25). The minimum atomic E-state index is -0.995. The van der Waals surface area contributed by atoms with Gasteiger partial charge >= 0.3 is 0 Å². The first-order chi connectivity index (χ1) is 11.8. The average Bonchev–Trinajstić information content (AvgIpc) is 3.36. The van der Waals surface area contributed by atoms with Crippen LogP contribution < -0.4 is 10.6 Å². The largest absolute Gasteiger partial charge is 0.325 e. The Morgan fingerprint density at radius 2 is 1.40 bits per heavy atom. The monoisotopic (exact) mass is 356 g/mol. The zero-order valence-electron chi connectivity index (χ0n) is 14.6. The first-order valence-electron chi connectivity index (χ1n) is 8.28. The summed E-state index contributed by atoms with van der Waals surface area (Å²) in [4.78, 5) is 25.5. The van der Waals surface area contributed by atoms with E-state index in [-0.39, 0.29) is 11.8 Å². The molecule has 0 spiro atoms. The van der Waals surface area contributed by atoms with Crippen LogP contribution in [0, 0.1) is 26.2 Å². The molecule has 0 radical (unpaired) electrons. The van der Waals surface area contributed by atoms with Crippen LogP contribution in [0.2, 0.25) is 5.02 Å². The summed E-state index contributed by atoms with van der Waals surface area (Å²) in [6.45, 7) is 5.79. The topological polar surface area (TPSA) is 58.2 Å². The predicted octanol–water partition coefficient (Wildman–Crippen LogP) is 4.62. The van der Waals surface area contributed by atoms with E-state index in [2.05, 4.69) is 10.6 Å². The van der Waals surface area contributed by atoms with Gasteiger partial charge in [-0.15, -0.1) is 0 Å². The fourth-order valence-corrected chi connectivity index (χ4v) is 2.94. The zero-order chi connectivity index (χ0) is 18.2.